The molecule has 1 heterocycles. The van der Waals surface area contributed by atoms with Gasteiger partial charge in [0.05, 0.1) is 0 Å². The minimum absolute atomic E-state index is 0.00398. The number of nitrogens with one attached hydrogen (secondary N) is 4. The largest absolute Gasteiger partial charge is 0.434 e. The predicted octanol–water partition coefficient (Wildman–Crippen LogP) is 1.48. The van der Waals surface area contributed by atoms with Gasteiger partial charge < -0.3 is 20.7 Å². The molecule has 27 heavy (non-hydrogen) atoms. The van der Waals surface area contributed by atoms with Gasteiger partial charge in [-0.15, -0.1) is 0 Å². The van der Waals surface area contributed by atoms with Gasteiger partial charge in [-0.05, 0) is 24.2 Å². The Morgan fingerprint density at radius 3 is 2.44 bits per heavy atom. The SMILES string of the molecule is CC(C)C[C@@H](NC(=O)[C@H](Cc1ccccc1)NC(=O)C(=N)C=N)B1CCO1. The Labute approximate surface area is 160 Å². The molecule has 0 saturated carbocycles. The van der Waals surface area contributed by atoms with Gasteiger partial charge in [0.15, 0.2) is 0 Å². The van der Waals surface area contributed by atoms with Crippen LogP contribution in [-0.2, 0) is 20.7 Å². The zero-order chi connectivity index (χ0) is 19.8. The molecule has 2 atom stereocenters. The Morgan fingerprint density at radius 2 is 1.93 bits per heavy atom. The minimum atomic E-state index is -0.824. The number of carbonyl (C=O) groups is 2. The maximum atomic E-state index is 12.9. The van der Waals surface area contributed by atoms with Crippen molar-refractivity contribution < 1.29 is 14.2 Å². The van der Waals surface area contributed by atoms with Crippen LogP contribution >= 0.6 is 0 Å². The van der Waals surface area contributed by atoms with Gasteiger partial charge in [-0.25, -0.2) is 0 Å². The number of hydrogen-bond acceptors (Lipinski definition) is 5. The molecule has 1 aromatic rings. The monoisotopic (exact) mass is 370 g/mol. The fourth-order valence-corrected chi connectivity index (χ4v) is 3.03. The summed E-state index contributed by atoms with van der Waals surface area (Å²) in [5.74, 6) is -0.746. The predicted molar refractivity (Wildman–Crippen MR) is 106 cm³/mol. The number of hydrogen-bond donors (Lipinski definition) is 4. The molecule has 2 amide bonds. The van der Waals surface area contributed by atoms with Crippen LogP contribution in [0.4, 0.5) is 0 Å². The summed E-state index contributed by atoms with van der Waals surface area (Å²) in [6.07, 6.45) is 2.67. The van der Waals surface area contributed by atoms with Crippen LogP contribution in [0, 0.1) is 16.7 Å². The highest BCUT2D eigenvalue weighted by Gasteiger charge is 2.36. The summed E-state index contributed by atoms with van der Waals surface area (Å²) in [5.41, 5.74) is 0.418. The zero-order valence-electron chi connectivity index (χ0n) is 15.8. The fraction of sp³-hybridized carbons (Fsp3) is 0.474. The van der Waals surface area contributed by atoms with E-state index in [2.05, 4.69) is 24.5 Å². The van der Waals surface area contributed by atoms with Crippen LogP contribution in [0.2, 0.25) is 6.32 Å². The molecule has 2 rings (SSSR count). The Kier molecular flexibility index (Phi) is 7.73. The Morgan fingerprint density at radius 1 is 1.26 bits per heavy atom. The van der Waals surface area contributed by atoms with Crippen LogP contribution in [0.15, 0.2) is 30.3 Å². The zero-order valence-corrected chi connectivity index (χ0v) is 15.8. The first kappa shape index (κ1) is 20.8. The Hall–Kier alpha value is -2.48. The summed E-state index contributed by atoms with van der Waals surface area (Å²) in [5, 5.41) is 20.2. The highest BCUT2D eigenvalue weighted by Crippen LogP contribution is 2.18. The normalized spacial score (nSPS) is 15.4. The number of rotatable bonds is 10. The third-order valence-corrected chi connectivity index (χ3v) is 4.53. The standard InChI is InChI=1S/C19H27BN4O3/c1-13(2)10-17(20-8-9-27-20)24-19(26)16(23-18(25)15(22)12-21)11-14-6-4-3-5-7-14/h3-7,12-13,16-17,21-22H,8-11H2,1-2H3,(H,23,25)(H,24,26)/t16-,17+/m0/s1. The molecule has 144 valence electrons. The van der Waals surface area contributed by atoms with Crippen molar-refractivity contribution in [2.45, 2.75) is 45.0 Å². The molecule has 0 spiro atoms. The molecule has 0 bridgehead atoms. The summed E-state index contributed by atoms with van der Waals surface area (Å²) in [7, 11) is 0. The van der Waals surface area contributed by atoms with Gasteiger partial charge in [0.2, 0.25) is 5.91 Å². The number of carbonyl (C=O) groups excluding carboxylic acids is 2. The van der Waals surface area contributed by atoms with Crippen LogP contribution in [-0.4, -0.2) is 49.2 Å². The summed E-state index contributed by atoms with van der Waals surface area (Å²) < 4.78 is 5.56. The molecule has 1 aliphatic rings. The van der Waals surface area contributed by atoms with Crippen molar-refractivity contribution in [3.05, 3.63) is 35.9 Å². The first-order valence-electron chi connectivity index (χ1n) is 9.26. The van der Waals surface area contributed by atoms with E-state index in [1.807, 2.05) is 30.3 Å². The van der Waals surface area contributed by atoms with E-state index < -0.39 is 17.7 Å². The van der Waals surface area contributed by atoms with E-state index >= 15 is 0 Å². The first-order valence-corrected chi connectivity index (χ1v) is 9.26. The van der Waals surface area contributed by atoms with Crippen molar-refractivity contribution in [3.63, 3.8) is 0 Å². The van der Waals surface area contributed by atoms with Crippen molar-refractivity contribution in [2.75, 3.05) is 6.61 Å². The van der Waals surface area contributed by atoms with Gasteiger partial charge >= 0.3 is 6.92 Å². The van der Waals surface area contributed by atoms with E-state index in [9.17, 15) is 9.59 Å². The number of amides is 2. The van der Waals surface area contributed by atoms with E-state index in [4.69, 9.17) is 15.5 Å². The van der Waals surface area contributed by atoms with Crippen LogP contribution < -0.4 is 10.6 Å². The molecule has 0 unspecified atom stereocenters. The van der Waals surface area contributed by atoms with Gasteiger partial charge in [-0.1, -0.05) is 44.2 Å². The third-order valence-electron chi connectivity index (χ3n) is 4.53. The summed E-state index contributed by atoms with van der Waals surface area (Å²) in [6.45, 7) is 4.89. The maximum absolute atomic E-state index is 12.9. The van der Waals surface area contributed by atoms with Crippen LogP contribution in [0.5, 0.6) is 0 Å². The van der Waals surface area contributed by atoms with Crippen LogP contribution in [0.25, 0.3) is 0 Å². The molecule has 8 heteroatoms. The van der Waals surface area contributed by atoms with Gasteiger partial charge in [0.25, 0.3) is 5.91 Å². The van der Waals surface area contributed by atoms with Gasteiger partial charge in [0, 0.05) is 25.2 Å². The molecular formula is C19H27BN4O3. The lowest BCUT2D eigenvalue weighted by atomic mass is 9.52. The van der Waals surface area contributed by atoms with Crippen molar-refractivity contribution in [3.8, 4) is 0 Å². The molecule has 4 N–H and O–H groups in total. The quantitative estimate of drug-likeness (QED) is 0.369. The molecule has 0 aromatic heterocycles. The topological polar surface area (TPSA) is 115 Å². The lowest BCUT2D eigenvalue weighted by Crippen LogP contribution is -2.58. The van der Waals surface area contributed by atoms with Gasteiger partial charge in [0.1, 0.15) is 11.8 Å². The van der Waals surface area contributed by atoms with Crippen molar-refractivity contribution in [1.29, 1.82) is 10.8 Å². The Balaban J connectivity index is 2.11. The molecule has 0 aliphatic carbocycles. The van der Waals surface area contributed by atoms with E-state index in [0.717, 1.165) is 18.3 Å². The van der Waals surface area contributed by atoms with Crippen LogP contribution in [0.1, 0.15) is 25.8 Å². The molecule has 0 radical (unpaired) electrons. The molecule has 1 saturated heterocycles. The number of benzene rings is 1. The molecular weight excluding hydrogens is 343 g/mol. The average molecular weight is 370 g/mol. The molecule has 1 aliphatic heterocycles. The first-order chi connectivity index (χ1) is 12.9. The smallest absolute Gasteiger partial charge is 0.317 e. The summed E-state index contributed by atoms with van der Waals surface area (Å²) in [4.78, 5) is 25.0. The second kappa shape index (κ2) is 10.0. The molecule has 1 aromatic carbocycles. The van der Waals surface area contributed by atoms with E-state index in [1.54, 1.807) is 0 Å². The molecule has 7 nitrogen and oxygen atoms in total. The second-order valence-corrected chi connectivity index (χ2v) is 7.22. The van der Waals surface area contributed by atoms with Crippen molar-refractivity contribution in [1.82, 2.24) is 10.6 Å². The highest BCUT2D eigenvalue weighted by molar-refractivity contribution is 6.59. The Bertz CT molecular complexity index is 677. The van der Waals surface area contributed by atoms with E-state index in [1.165, 1.54) is 0 Å². The third kappa shape index (κ3) is 6.32. The van der Waals surface area contributed by atoms with Crippen molar-refractivity contribution >= 4 is 30.7 Å². The molecule has 1 fully saturated rings. The van der Waals surface area contributed by atoms with E-state index in [0.29, 0.717) is 25.2 Å². The second-order valence-electron chi connectivity index (χ2n) is 7.22. The van der Waals surface area contributed by atoms with Gasteiger partial charge in [-0.2, -0.15) is 0 Å². The van der Waals surface area contributed by atoms with Crippen LogP contribution in [0.3, 0.4) is 0 Å². The lowest BCUT2D eigenvalue weighted by Gasteiger charge is -2.33. The minimum Gasteiger partial charge on any atom is -0.434 e. The average Bonchev–Trinajstić information content (AvgIpc) is 2.59. The summed E-state index contributed by atoms with van der Waals surface area (Å²) in [6, 6.07) is 8.57. The summed E-state index contributed by atoms with van der Waals surface area (Å²) >= 11 is 0. The van der Waals surface area contributed by atoms with Crippen molar-refractivity contribution in [2.24, 2.45) is 5.92 Å². The van der Waals surface area contributed by atoms with Gasteiger partial charge in [-0.3, -0.25) is 15.0 Å². The fourth-order valence-electron chi connectivity index (χ4n) is 3.03. The highest BCUT2D eigenvalue weighted by atomic mass is 16.5. The van der Waals surface area contributed by atoms with E-state index in [-0.39, 0.29) is 18.8 Å². The lowest BCUT2D eigenvalue weighted by molar-refractivity contribution is -0.126. The maximum Gasteiger partial charge on any atom is 0.317 e.